The van der Waals surface area contributed by atoms with Crippen molar-refractivity contribution in [1.29, 1.82) is 5.26 Å². The topological polar surface area (TPSA) is 91.0 Å². The fourth-order valence-corrected chi connectivity index (χ4v) is 3.88. The summed E-state index contributed by atoms with van der Waals surface area (Å²) in [6, 6.07) is 15.6. The Morgan fingerprint density at radius 2 is 1.97 bits per heavy atom. The van der Waals surface area contributed by atoms with Crippen molar-refractivity contribution in [3.8, 4) is 6.07 Å². The molecule has 0 spiro atoms. The fourth-order valence-electron chi connectivity index (χ4n) is 3.88. The van der Waals surface area contributed by atoms with E-state index in [1.165, 1.54) is 0 Å². The second-order valence-electron chi connectivity index (χ2n) is 7.63. The molecule has 0 aliphatic carbocycles. The monoisotopic (exact) mass is 431 g/mol. The number of benzene rings is 2. The van der Waals surface area contributed by atoms with Gasteiger partial charge in [-0.1, -0.05) is 38.5 Å². The number of rotatable bonds is 8. The molecule has 0 saturated carbocycles. The first-order valence-corrected chi connectivity index (χ1v) is 11.1. The molecule has 0 saturated heterocycles. The van der Waals surface area contributed by atoms with Crippen molar-refractivity contribution in [2.24, 2.45) is 0 Å². The van der Waals surface area contributed by atoms with E-state index in [1.807, 2.05) is 32.0 Å². The number of urea groups is 1. The number of carbonyl (C=O) groups is 1. The van der Waals surface area contributed by atoms with Gasteiger partial charge in [0.2, 0.25) is 0 Å². The van der Waals surface area contributed by atoms with Gasteiger partial charge in [0, 0.05) is 18.8 Å². The van der Waals surface area contributed by atoms with Gasteiger partial charge in [-0.2, -0.15) is 5.26 Å². The van der Waals surface area contributed by atoms with Crippen LogP contribution in [0, 0.1) is 11.3 Å². The van der Waals surface area contributed by atoms with Crippen LogP contribution in [0.2, 0.25) is 0 Å². The summed E-state index contributed by atoms with van der Waals surface area (Å²) < 4.78 is 1.67. The van der Waals surface area contributed by atoms with Crippen molar-refractivity contribution in [2.75, 3.05) is 11.9 Å². The number of nitrogens with zero attached hydrogens (tertiary/aromatic N) is 4. The molecule has 0 aliphatic heterocycles. The molecule has 1 N–H and O–H groups in total. The third-order valence-corrected chi connectivity index (χ3v) is 5.52. The van der Waals surface area contributed by atoms with E-state index in [9.17, 15) is 9.59 Å². The van der Waals surface area contributed by atoms with E-state index in [0.29, 0.717) is 47.5 Å². The van der Waals surface area contributed by atoms with E-state index >= 15 is 0 Å². The Morgan fingerprint density at radius 3 is 2.66 bits per heavy atom. The van der Waals surface area contributed by atoms with E-state index in [-0.39, 0.29) is 17.6 Å². The summed E-state index contributed by atoms with van der Waals surface area (Å²) in [7, 11) is 0. The highest BCUT2D eigenvalue weighted by atomic mass is 16.2. The van der Waals surface area contributed by atoms with E-state index in [1.54, 1.807) is 39.8 Å². The molecular formula is C25H29N5O2. The molecule has 2 amide bonds. The highest BCUT2D eigenvalue weighted by Crippen LogP contribution is 2.25. The van der Waals surface area contributed by atoms with Gasteiger partial charge in [-0.15, -0.1) is 0 Å². The number of nitrogens with one attached hydrogen (secondary N) is 1. The number of hydrogen-bond acceptors (Lipinski definition) is 4. The highest BCUT2D eigenvalue weighted by Gasteiger charge is 2.28. The first-order valence-electron chi connectivity index (χ1n) is 11.1. The molecule has 0 radical (unpaired) electrons. The molecule has 1 heterocycles. The number of amides is 2. The molecule has 3 rings (SSSR count). The Bertz CT molecular complexity index is 1190. The number of fused-ring (bicyclic) bond motifs is 1. The SMILES string of the molecule is CCCCN(C(=O)Nc1cccc(C#N)c1)C(CC)c1nc2ccccc2c(=O)n1CC. The molecule has 1 aromatic heterocycles. The van der Waals surface area contributed by atoms with Crippen LogP contribution in [-0.4, -0.2) is 27.0 Å². The van der Waals surface area contributed by atoms with Crippen LogP contribution in [0.1, 0.15) is 57.5 Å². The smallest absolute Gasteiger partial charge is 0.314 e. The van der Waals surface area contributed by atoms with Gasteiger partial charge >= 0.3 is 6.03 Å². The standard InChI is InChI=1S/C25H29N5O2/c1-4-7-15-30(25(32)27-19-12-10-11-18(16-19)17-26)22(5-2)23-28-21-14-9-8-13-20(21)24(31)29(23)6-3/h8-14,16,22H,4-7,15H2,1-3H3,(H,27,32). The summed E-state index contributed by atoms with van der Waals surface area (Å²) in [5.41, 5.74) is 1.58. The third-order valence-electron chi connectivity index (χ3n) is 5.52. The third kappa shape index (κ3) is 4.80. The van der Waals surface area contributed by atoms with E-state index < -0.39 is 0 Å². The molecule has 0 fully saturated rings. The van der Waals surface area contributed by atoms with Crippen molar-refractivity contribution in [1.82, 2.24) is 14.5 Å². The lowest BCUT2D eigenvalue weighted by molar-refractivity contribution is 0.178. The number of anilines is 1. The quantitative estimate of drug-likeness (QED) is 0.539. The maximum atomic E-state index is 13.4. The minimum Gasteiger partial charge on any atom is -0.314 e. The minimum absolute atomic E-state index is 0.0934. The number of hydrogen-bond donors (Lipinski definition) is 1. The summed E-state index contributed by atoms with van der Waals surface area (Å²) in [6.45, 7) is 6.98. The lowest BCUT2D eigenvalue weighted by atomic mass is 10.1. The lowest BCUT2D eigenvalue weighted by Crippen LogP contribution is -2.41. The van der Waals surface area contributed by atoms with Gasteiger partial charge in [-0.3, -0.25) is 9.36 Å². The summed E-state index contributed by atoms with van der Waals surface area (Å²) in [6.07, 6.45) is 2.36. The van der Waals surface area contributed by atoms with Crippen LogP contribution < -0.4 is 10.9 Å². The fraction of sp³-hybridized carbons (Fsp3) is 0.360. The first-order chi connectivity index (χ1) is 15.5. The maximum absolute atomic E-state index is 13.4. The predicted molar refractivity (Wildman–Crippen MR) is 126 cm³/mol. The number of nitriles is 1. The zero-order chi connectivity index (χ0) is 23.1. The van der Waals surface area contributed by atoms with Crippen LogP contribution in [0.4, 0.5) is 10.5 Å². The molecule has 166 valence electrons. The van der Waals surface area contributed by atoms with Gasteiger partial charge in [-0.05, 0) is 50.1 Å². The molecule has 7 heteroatoms. The molecular weight excluding hydrogens is 402 g/mol. The second kappa shape index (κ2) is 10.6. The van der Waals surface area contributed by atoms with Crippen molar-refractivity contribution < 1.29 is 4.79 Å². The van der Waals surface area contributed by atoms with Gasteiger partial charge in [0.15, 0.2) is 0 Å². The van der Waals surface area contributed by atoms with Crippen LogP contribution >= 0.6 is 0 Å². The average molecular weight is 432 g/mol. The molecule has 1 atom stereocenters. The molecule has 0 aliphatic rings. The highest BCUT2D eigenvalue weighted by molar-refractivity contribution is 5.89. The van der Waals surface area contributed by atoms with Crippen LogP contribution in [-0.2, 0) is 6.54 Å². The van der Waals surface area contributed by atoms with Gasteiger partial charge in [-0.25, -0.2) is 9.78 Å². The van der Waals surface area contributed by atoms with Gasteiger partial charge in [0.05, 0.1) is 28.6 Å². The van der Waals surface area contributed by atoms with Crippen LogP contribution in [0.25, 0.3) is 10.9 Å². The summed E-state index contributed by atoms with van der Waals surface area (Å²) in [4.78, 5) is 33.1. The van der Waals surface area contributed by atoms with E-state index in [0.717, 1.165) is 12.8 Å². The number of carbonyl (C=O) groups excluding carboxylic acids is 1. The minimum atomic E-state index is -0.363. The van der Waals surface area contributed by atoms with Crippen molar-refractivity contribution in [3.63, 3.8) is 0 Å². The largest absolute Gasteiger partial charge is 0.322 e. The van der Waals surface area contributed by atoms with Crippen molar-refractivity contribution in [2.45, 2.75) is 52.6 Å². The van der Waals surface area contributed by atoms with Crippen LogP contribution in [0.5, 0.6) is 0 Å². The Morgan fingerprint density at radius 1 is 1.19 bits per heavy atom. The molecule has 3 aromatic rings. The number of unbranched alkanes of at least 4 members (excludes halogenated alkanes) is 1. The zero-order valence-electron chi connectivity index (χ0n) is 18.8. The normalized spacial score (nSPS) is 11.7. The molecule has 0 bridgehead atoms. The molecule has 7 nitrogen and oxygen atoms in total. The molecule has 2 aromatic carbocycles. The van der Waals surface area contributed by atoms with E-state index in [4.69, 9.17) is 10.2 Å². The average Bonchev–Trinajstić information content (AvgIpc) is 2.81. The predicted octanol–water partition coefficient (Wildman–Crippen LogP) is 5.07. The van der Waals surface area contributed by atoms with Crippen LogP contribution in [0.15, 0.2) is 53.3 Å². The van der Waals surface area contributed by atoms with Crippen LogP contribution in [0.3, 0.4) is 0 Å². The van der Waals surface area contributed by atoms with Crippen molar-refractivity contribution in [3.05, 3.63) is 70.3 Å². The van der Waals surface area contributed by atoms with Gasteiger partial charge < -0.3 is 10.2 Å². The zero-order valence-corrected chi connectivity index (χ0v) is 18.8. The summed E-state index contributed by atoms with van der Waals surface area (Å²) in [5, 5.41) is 12.6. The van der Waals surface area contributed by atoms with Crippen molar-refractivity contribution >= 4 is 22.6 Å². The first kappa shape index (κ1) is 23.0. The Balaban J connectivity index is 2.04. The second-order valence-corrected chi connectivity index (χ2v) is 7.63. The van der Waals surface area contributed by atoms with E-state index in [2.05, 4.69) is 18.3 Å². The lowest BCUT2D eigenvalue weighted by Gasteiger charge is -2.32. The van der Waals surface area contributed by atoms with Gasteiger partial charge in [0.25, 0.3) is 5.56 Å². The molecule has 32 heavy (non-hydrogen) atoms. The molecule has 1 unspecified atom stereocenters. The summed E-state index contributed by atoms with van der Waals surface area (Å²) >= 11 is 0. The maximum Gasteiger partial charge on any atom is 0.322 e. The Hall–Kier alpha value is -3.66. The van der Waals surface area contributed by atoms with Gasteiger partial charge in [0.1, 0.15) is 5.82 Å². The number of aromatic nitrogens is 2. The summed E-state index contributed by atoms with van der Waals surface area (Å²) in [5.74, 6) is 0.593. The number of para-hydroxylation sites is 1. The Labute approximate surface area is 188 Å². The Kier molecular flexibility index (Phi) is 7.61.